The lowest BCUT2D eigenvalue weighted by Gasteiger charge is -2.37. The zero-order chi connectivity index (χ0) is 58.9. The predicted molar refractivity (Wildman–Crippen MR) is 316 cm³/mol. The van der Waals surface area contributed by atoms with E-state index in [1.165, 1.54) is 4.90 Å². The number of unbranched alkanes of at least 4 members (excludes halogenated alkanes) is 1. The molecule has 83 heavy (non-hydrogen) atoms. The van der Waals surface area contributed by atoms with Crippen LogP contribution in [0.2, 0.25) is 0 Å². The van der Waals surface area contributed by atoms with E-state index in [0.717, 1.165) is 75.6 Å². The molecule has 8 rings (SSSR count). The maximum atomic E-state index is 14.1. The lowest BCUT2D eigenvalue weighted by molar-refractivity contribution is -0.144. The van der Waals surface area contributed by atoms with E-state index in [4.69, 9.17) is 19.5 Å². The van der Waals surface area contributed by atoms with Crippen LogP contribution >= 0.6 is 11.3 Å². The van der Waals surface area contributed by atoms with Gasteiger partial charge in [-0.2, -0.15) is 10.4 Å². The zero-order valence-electron chi connectivity index (χ0n) is 47.9. The molecule has 1 aliphatic heterocycles. The second-order valence-corrected chi connectivity index (χ2v) is 23.0. The van der Waals surface area contributed by atoms with Crippen molar-refractivity contribution in [2.75, 3.05) is 56.4 Å². The van der Waals surface area contributed by atoms with Crippen LogP contribution in [-0.2, 0) is 55.3 Å². The molecule has 1 saturated carbocycles. The smallest absolute Gasteiger partial charge is 0.322 e. The van der Waals surface area contributed by atoms with Crippen molar-refractivity contribution >= 4 is 46.6 Å². The van der Waals surface area contributed by atoms with Gasteiger partial charge in [-0.25, -0.2) is 14.8 Å². The van der Waals surface area contributed by atoms with Crippen LogP contribution in [0, 0.1) is 23.7 Å². The van der Waals surface area contributed by atoms with Gasteiger partial charge in [0.05, 0.1) is 60.3 Å². The van der Waals surface area contributed by atoms with E-state index in [9.17, 15) is 29.1 Å². The molecule has 1 saturated heterocycles. The summed E-state index contributed by atoms with van der Waals surface area (Å²) in [4.78, 5) is 79.7. The Hall–Kier alpha value is -7.81. The molecule has 6 aromatic rings. The Labute approximate surface area is 488 Å². The number of urea groups is 1. The molecule has 22 heteroatoms. The fourth-order valence-electron chi connectivity index (χ4n) is 10.2. The number of anilines is 2. The lowest BCUT2D eigenvalue weighted by Crippen LogP contribution is -2.58. The summed E-state index contributed by atoms with van der Waals surface area (Å²) in [6, 6.07) is 22.8. The number of nitrogens with one attached hydrogen (secondary N) is 4. The van der Waals surface area contributed by atoms with Crippen LogP contribution in [0.3, 0.4) is 0 Å². The number of rotatable bonds is 26. The number of ether oxygens (including phenoxy) is 3. The number of hydrogen-bond acceptors (Lipinski definition) is 15. The van der Waals surface area contributed by atoms with Gasteiger partial charge in [-0.3, -0.25) is 28.8 Å². The number of pyridine rings is 2. The number of carbonyl (C=O) groups is 4. The van der Waals surface area contributed by atoms with Gasteiger partial charge in [0.25, 0.3) is 0 Å². The molecule has 21 nitrogen and oxygen atoms in total. The summed E-state index contributed by atoms with van der Waals surface area (Å²) >= 11 is 1.57. The Kier molecular flexibility index (Phi) is 21.7. The van der Waals surface area contributed by atoms with E-state index in [1.54, 1.807) is 64.4 Å². The van der Waals surface area contributed by atoms with Crippen molar-refractivity contribution in [3.63, 3.8) is 0 Å². The second kappa shape index (κ2) is 29.4. The van der Waals surface area contributed by atoms with Crippen molar-refractivity contribution in [2.45, 2.75) is 123 Å². The minimum absolute atomic E-state index is 0.0177. The maximum absolute atomic E-state index is 14.1. The minimum Gasteiger partial charge on any atom is -0.391 e. The molecule has 4 aromatic heterocycles. The Bertz CT molecular complexity index is 3200. The molecule has 3 atom stereocenters. The van der Waals surface area contributed by atoms with E-state index in [1.807, 2.05) is 98.9 Å². The number of nitriles is 1. The number of aromatic nitrogens is 5. The number of aliphatic hydroxyl groups is 1. The quantitative estimate of drug-likeness (QED) is 0.0353. The average molecular weight is 1150 g/mol. The van der Waals surface area contributed by atoms with Crippen molar-refractivity contribution in [3.8, 4) is 27.6 Å². The minimum atomic E-state index is -0.960. The van der Waals surface area contributed by atoms with Crippen LogP contribution in [0.5, 0.6) is 0 Å². The SMILES string of the molecule is Cc1ncsc1-c1ccc(CNC(=O)[C@@H]2C[C@@H](O)CN2C(=O)[C@@H](NC(=O)COCCCCOCCOCCn2cc(CNC(=O)N(c3ccc(-c4ccc(=O)n(C)c4)cc3)C3CCC(Nc4ccc(C#N)cn4)CC3)cn2)C(C)(C)C)cc1. The third kappa shape index (κ3) is 17.4. The van der Waals surface area contributed by atoms with E-state index < -0.39 is 35.4 Å². The van der Waals surface area contributed by atoms with Gasteiger partial charge >= 0.3 is 6.03 Å². The largest absolute Gasteiger partial charge is 0.391 e. The third-order valence-electron chi connectivity index (χ3n) is 14.8. The molecule has 2 fully saturated rings. The summed E-state index contributed by atoms with van der Waals surface area (Å²) in [6.07, 6.45) is 10.7. The first-order valence-electron chi connectivity index (χ1n) is 28.3. The topological polar surface area (TPSA) is 260 Å². The number of likely N-dealkylation sites (tertiary alicyclic amines) is 1. The highest BCUT2D eigenvalue weighted by molar-refractivity contribution is 7.13. The molecule has 0 unspecified atom stereocenters. The first-order chi connectivity index (χ1) is 40.0. The van der Waals surface area contributed by atoms with Crippen molar-refractivity contribution in [1.29, 1.82) is 5.26 Å². The summed E-state index contributed by atoms with van der Waals surface area (Å²) in [6.45, 7) is 10.3. The molecule has 5 heterocycles. The summed E-state index contributed by atoms with van der Waals surface area (Å²) in [5.41, 5.74) is 7.86. The highest BCUT2D eigenvalue weighted by Gasteiger charge is 2.44. The van der Waals surface area contributed by atoms with Gasteiger partial charge in [0.1, 0.15) is 30.6 Å². The number of aryl methyl sites for hydroxylation is 2. The standard InChI is InChI=1S/C61H76N12O9S/c1-41-56(83-40-66-41)46-11-8-42(9-12-46)32-64-58(77)52-30-51(74)38-72(52)59(78)57(61(2,3)4)69-54(75)39-82-26-7-6-25-80-28-29-81-27-24-71-36-44(35-67-71)34-65-60(79)73(49-18-13-45(14-19-49)47-15-23-55(76)70(5)37-47)50-20-16-48(17-21-50)68-53-22-10-43(31-62)33-63-53/h8-15,18-19,22-23,33,35-37,40,48,50-52,57,74H,6-7,16-17,20-21,24-30,32,34,38-39H2,1-5H3,(H,63,68)(H,64,77)(H,65,79)(H,69,75)/t48?,50?,51-,52+,57-/m1/s1. The van der Waals surface area contributed by atoms with Crippen LogP contribution in [0.1, 0.15) is 88.1 Å². The summed E-state index contributed by atoms with van der Waals surface area (Å²) in [5.74, 6) is -0.549. The lowest BCUT2D eigenvalue weighted by atomic mass is 9.85. The Morgan fingerprint density at radius 2 is 1.52 bits per heavy atom. The first kappa shape index (κ1) is 61.3. The van der Waals surface area contributed by atoms with Crippen molar-refractivity contribution in [3.05, 3.63) is 136 Å². The van der Waals surface area contributed by atoms with Gasteiger partial charge in [-0.15, -0.1) is 11.3 Å². The number of amides is 5. The molecule has 2 aliphatic rings. The average Bonchev–Trinajstić information content (AvgIpc) is 4.27. The molecule has 0 spiro atoms. The number of β-amino-alcohol motifs (C(OH)–C–C–N with tert-alkyl or cyclic N) is 1. The fourth-order valence-corrected chi connectivity index (χ4v) is 11.0. The Morgan fingerprint density at radius 1 is 0.819 bits per heavy atom. The number of thiazole rings is 1. The van der Waals surface area contributed by atoms with Crippen molar-refractivity contribution in [2.24, 2.45) is 12.5 Å². The number of aliphatic hydroxyl groups excluding tert-OH is 1. The monoisotopic (exact) mass is 1150 g/mol. The van der Waals surface area contributed by atoms with Gasteiger partial charge < -0.3 is 50.1 Å². The molecule has 440 valence electrons. The second-order valence-electron chi connectivity index (χ2n) is 22.2. The summed E-state index contributed by atoms with van der Waals surface area (Å²) in [5, 5.41) is 36.6. The van der Waals surface area contributed by atoms with E-state index in [0.29, 0.717) is 58.0 Å². The molecular weight excluding hydrogens is 1080 g/mol. The fraction of sp³-hybridized carbons (Fsp3) is 0.459. The Balaban J connectivity index is 0.700. The first-order valence-corrected chi connectivity index (χ1v) is 29.2. The number of nitrogens with zero attached hydrogens (tertiary/aromatic N) is 8. The normalized spacial score (nSPS) is 17.3. The number of carbonyl (C=O) groups excluding carboxylic acids is 4. The number of hydrogen-bond donors (Lipinski definition) is 5. The molecule has 5 amide bonds. The van der Waals surface area contributed by atoms with Crippen molar-refractivity contribution < 1.29 is 38.5 Å². The van der Waals surface area contributed by atoms with Gasteiger partial charge in [0.2, 0.25) is 23.3 Å². The molecule has 2 aromatic carbocycles. The molecule has 1 aliphatic carbocycles. The number of benzene rings is 2. The highest BCUT2D eigenvalue weighted by atomic mass is 32.1. The highest BCUT2D eigenvalue weighted by Crippen LogP contribution is 2.32. The summed E-state index contributed by atoms with van der Waals surface area (Å²) < 4.78 is 20.5. The van der Waals surface area contributed by atoms with Crippen LogP contribution < -0.4 is 31.7 Å². The van der Waals surface area contributed by atoms with Crippen LogP contribution in [0.25, 0.3) is 21.6 Å². The van der Waals surface area contributed by atoms with Gasteiger partial charge in [-0.1, -0.05) is 57.2 Å². The van der Waals surface area contributed by atoms with Gasteiger partial charge in [0.15, 0.2) is 0 Å². The van der Waals surface area contributed by atoms with E-state index in [2.05, 4.69) is 42.4 Å². The van der Waals surface area contributed by atoms with Crippen molar-refractivity contribution in [1.82, 2.24) is 45.2 Å². The Morgan fingerprint density at radius 3 is 2.19 bits per heavy atom. The molecular formula is C61H76N12O9S. The molecule has 0 radical (unpaired) electrons. The van der Waals surface area contributed by atoms with E-state index in [-0.39, 0.29) is 62.2 Å². The summed E-state index contributed by atoms with van der Waals surface area (Å²) in [7, 11) is 1.72. The zero-order valence-corrected chi connectivity index (χ0v) is 48.7. The van der Waals surface area contributed by atoms with Crippen LogP contribution in [0.4, 0.5) is 16.3 Å². The van der Waals surface area contributed by atoms with Crippen LogP contribution in [-0.4, -0.2) is 135 Å². The van der Waals surface area contributed by atoms with Gasteiger partial charge in [-0.05, 0) is 103 Å². The third-order valence-corrected chi connectivity index (χ3v) is 15.8. The molecule has 5 N–H and O–H groups in total. The van der Waals surface area contributed by atoms with Crippen LogP contribution in [0.15, 0.2) is 108 Å². The van der Waals surface area contributed by atoms with Gasteiger partial charge in [0, 0.05) is 94.3 Å². The predicted octanol–water partition coefficient (Wildman–Crippen LogP) is 6.73. The molecule has 0 bridgehead atoms. The van der Waals surface area contributed by atoms with E-state index >= 15 is 0 Å². The maximum Gasteiger partial charge on any atom is 0.322 e.